The molecular weight excluding hydrogens is 286 g/mol. The number of amides is 1. The number of nitrogens with zero attached hydrogens (tertiary/aromatic N) is 1. The summed E-state index contributed by atoms with van der Waals surface area (Å²) in [5.74, 6) is 1.36. The fourth-order valence-electron chi connectivity index (χ4n) is 2.88. The first kappa shape index (κ1) is 16.2. The van der Waals surface area contributed by atoms with Crippen molar-refractivity contribution in [1.82, 2.24) is 4.90 Å². The number of halogens is 1. The number of hydrogen-bond donors (Lipinski definition) is 0. The second-order valence-electron chi connectivity index (χ2n) is 6.16. The third kappa shape index (κ3) is 3.91. The van der Waals surface area contributed by atoms with Crippen LogP contribution in [0.5, 0.6) is 5.75 Å². The Labute approximate surface area is 132 Å². The molecule has 1 aliphatic heterocycles. The number of likely N-dealkylation sites (tertiary alicyclic amines) is 1. The van der Waals surface area contributed by atoms with Crippen molar-refractivity contribution in [3.8, 4) is 5.75 Å². The van der Waals surface area contributed by atoms with E-state index in [4.69, 9.17) is 16.3 Å². The highest BCUT2D eigenvalue weighted by molar-refractivity contribution is 6.32. The molecule has 0 unspecified atom stereocenters. The molecule has 1 heterocycles. The van der Waals surface area contributed by atoms with E-state index in [0.29, 0.717) is 11.7 Å². The standard InChI is InChI=1S/C17H24ClNO2/c1-11-6-5-7-19(10-11)17(20)14(4)21-15-8-12(2)16(18)13(3)9-15/h8-9,11,14H,5-7,10H2,1-4H3/t11-,14+/m1/s1. The lowest BCUT2D eigenvalue weighted by molar-refractivity contribution is -0.139. The average molecular weight is 310 g/mol. The topological polar surface area (TPSA) is 29.5 Å². The first-order valence-corrected chi connectivity index (χ1v) is 7.98. The molecule has 0 bridgehead atoms. The number of rotatable bonds is 3. The van der Waals surface area contributed by atoms with E-state index in [1.165, 1.54) is 6.42 Å². The van der Waals surface area contributed by atoms with Crippen molar-refractivity contribution >= 4 is 17.5 Å². The van der Waals surface area contributed by atoms with Crippen LogP contribution in [-0.4, -0.2) is 30.0 Å². The van der Waals surface area contributed by atoms with Crippen LogP contribution in [0.15, 0.2) is 12.1 Å². The van der Waals surface area contributed by atoms with Crippen LogP contribution in [0.3, 0.4) is 0 Å². The normalized spacial score (nSPS) is 20.2. The van der Waals surface area contributed by atoms with Crippen molar-refractivity contribution in [2.45, 2.75) is 46.6 Å². The molecule has 1 aromatic rings. The summed E-state index contributed by atoms with van der Waals surface area (Å²) >= 11 is 6.16. The van der Waals surface area contributed by atoms with Crippen LogP contribution in [0.25, 0.3) is 0 Å². The summed E-state index contributed by atoms with van der Waals surface area (Å²) in [7, 11) is 0. The summed E-state index contributed by atoms with van der Waals surface area (Å²) in [4.78, 5) is 14.4. The average Bonchev–Trinajstić information content (AvgIpc) is 2.43. The monoisotopic (exact) mass is 309 g/mol. The van der Waals surface area contributed by atoms with Crippen molar-refractivity contribution in [1.29, 1.82) is 0 Å². The summed E-state index contributed by atoms with van der Waals surface area (Å²) in [5.41, 5.74) is 1.94. The van der Waals surface area contributed by atoms with Gasteiger partial charge >= 0.3 is 0 Å². The Morgan fingerprint density at radius 2 is 2.00 bits per heavy atom. The number of hydrogen-bond acceptors (Lipinski definition) is 2. The van der Waals surface area contributed by atoms with Crippen LogP contribution < -0.4 is 4.74 Å². The van der Waals surface area contributed by atoms with Crippen LogP contribution >= 0.6 is 11.6 Å². The number of aryl methyl sites for hydroxylation is 2. The van der Waals surface area contributed by atoms with Gasteiger partial charge in [0.2, 0.25) is 0 Å². The summed E-state index contributed by atoms with van der Waals surface area (Å²) < 4.78 is 5.83. The lowest BCUT2D eigenvalue weighted by atomic mass is 10.00. The van der Waals surface area contributed by atoms with Gasteiger partial charge < -0.3 is 9.64 Å². The lowest BCUT2D eigenvalue weighted by Gasteiger charge is -2.32. The van der Waals surface area contributed by atoms with Crippen LogP contribution in [0.2, 0.25) is 5.02 Å². The van der Waals surface area contributed by atoms with Gasteiger partial charge in [-0.3, -0.25) is 4.79 Å². The smallest absolute Gasteiger partial charge is 0.263 e. The Bertz CT molecular complexity index is 507. The van der Waals surface area contributed by atoms with E-state index in [0.717, 1.165) is 35.7 Å². The highest BCUT2D eigenvalue weighted by Crippen LogP contribution is 2.27. The Balaban J connectivity index is 2.03. The van der Waals surface area contributed by atoms with E-state index < -0.39 is 6.10 Å². The molecule has 4 heteroatoms. The number of carbonyl (C=O) groups is 1. The molecule has 1 aromatic carbocycles. The third-order valence-electron chi connectivity index (χ3n) is 4.04. The molecule has 0 saturated carbocycles. The molecular formula is C17H24ClNO2. The third-order valence-corrected chi connectivity index (χ3v) is 4.64. The maximum atomic E-state index is 12.5. The van der Waals surface area contributed by atoms with Gasteiger partial charge in [-0.05, 0) is 62.8 Å². The van der Waals surface area contributed by atoms with Crippen molar-refractivity contribution in [3.05, 3.63) is 28.3 Å². The fraction of sp³-hybridized carbons (Fsp3) is 0.588. The lowest BCUT2D eigenvalue weighted by Crippen LogP contribution is -2.45. The summed E-state index contributed by atoms with van der Waals surface area (Å²) in [5, 5.41) is 0.756. The first-order chi connectivity index (χ1) is 9.88. The van der Waals surface area contributed by atoms with Gasteiger partial charge in [0, 0.05) is 18.1 Å². The van der Waals surface area contributed by atoms with Crippen molar-refractivity contribution in [3.63, 3.8) is 0 Å². The van der Waals surface area contributed by atoms with E-state index in [1.807, 2.05) is 37.8 Å². The summed E-state index contributed by atoms with van der Waals surface area (Å²) in [6.45, 7) is 9.58. The van der Waals surface area contributed by atoms with Crippen LogP contribution in [-0.2, 0) is 4.79 Å². The molecule has 116 valence electrons. The minimum Gasteiger partial charge on any atom is -0.481 e. The van der Waals surface area contributed by atoms with E-state index in [2.05, 4.69) is 6.92 Å². The number of carbonyl (C=O) groups excluding carboxylic acids is 1. The molecule has 0 spiro atoms. The van der Waals surface area contributed by atoms with Gasteiger partial charge in [0.25, 0.3) is 5.91 Å². The van der Waals surface area contributed by atoms with Crippen LogP contribution in [0.4, 0.5) is 0 Å². The quantitative estimate of drug-likeness (QED) is 0.845. The van der Waals surface area contributed by atoms with Gasteiger partial charge in [0.05, 0.1) is 0 Å². The predicted octanol–water partition coefficient (Wildman–Crippen LogP) is 3.98. The van der Waals surface area contributed by atoms with E-state index in [-0.39, 0.29) is 5.91 Å². The highest BCUT2D eigenvalue weighted by atomic mass is 35.5. The van der Waals surface area contributed by atoms with Gasteiger partial charge in [-0.1, -0.05) is 18.5 Å². The second-order valence-corrected chi connectivity index (χ2v) is 6.54. The Morgan fingerprint density at radius 3 is 2.57 bits per heavy atom. The minimum absolute atomic E-state index is 0.0757. The number of benzene rings is 1. The number of ether oxygens (including phenoxy) is 1. The van der Waals surface area contributed by atoms with Crippen LogP contribution in [0, 0.1) is 19.8 Å². The summed E-state index contributed by atoms with van der Waals surface area (Å²) in [6.07, 6.45) is 1.82. The maximum Gasteiger partial charge on any atom is 0.263 e. The molecule has 0 N–H and O–H groups in total. The van der Waals surface area contributed by atoms with Crippen LogP contribution in [0.1, 0.15) is 37.8 Å². The predicted molar refractivity (Wildman–Crippen MR) is 86.0 cm³/mol. The van der Waals surface area contributed by atoms with E-state index >= 15 is 0 Å². The Hall–Kier alpha value is -1.22. The van der Waals surface area contributed by atoms with E-state index in [1.54, 1.807) is 0 Å². The molecule has 0 aliphatic carbocycles. The zero-order valence-corrected chi connectivity index (χ0v) is 14.0. The Morgan fingerprint density at radius 1 is 1.38 bits per heavy atom. The molecule has 1 saturated heterocycles. The van der Waals surface area contributed by atoms with Crippen molar-refractivity contribution in [2.24, 2.45) is 5.92 Å². The fourth-order valence-corrected chi connectivity index (χ4v) is 2.98. The molecule has 2 rings (SSSR count). The molecule has 1 amide bonds. The van der Waals surface area contributed by atoms with Crippen molar-refractivity contribution < 1.29 is 9.53 Å². The highest BCUT2D eigenvalue weighted by Gasteiger charge is 2.26. The second kappa shape index (κ2) is 6.69. The maximum absolute atomic E-state index is 12.5. The van der Waals surface area contributed by atoms with Gasteiger partial charge in [0.1, 0.15) is 5.75 Å². The molecule has 1 aliphatic rings. The van der Waals surface area contributed by atoms with Gasteiger partial charge in [-0.2, -0.15) is 0 Å². The largest absolute Gasteiger partial charge is 0.481 e. The zero-order valence-electron chi connectivity index (χ0n) is 13.3. The molecule has 2 atom stereocenters. The van der Waals surface area contributed by atoms with Gasteiger partial charge in [0.15, 0.2) is 6.10 Å². The van der Waals surface area contributed by atoms with Gasteiger partial charge in [-0.15, -0.1) is 0 Å². The van der Waals surface area contributed by atoms with E-state index in [9.17, 15) is 4.79 Å². The molecule has 0 radical (unpaired) electrons. The molecule has 0 aromatic heterocycles. The molecule has 21 heavy (non-hydrogen) atoms. The molecule has 1 fully saturated rings. The molecule has 3 nitrogen and oxygen atoms in total. The summed E-state index contributed by atoms with van der Waals surface area (Å²) in [6, 6.07) is 3.77. The SMILES string of the molecule is Cc1cc(O[C@@H](C)C(=O)N2CCC[C@@H](C)C2)cc(C)c1Cl. The number of piperidine rings is 1. The van der Waals surface area contributed by atoms with Gasteiger partial charge in [-0.25, -0.2) is 0 Å². The van der Waals surface area contributed by atoms with Crippen molar-refractivity contribution in [2.75, 3.05) is 13.1 Å². The Kier molecular flexibility index (Phi) is 5.15. The minimum atomic E-state index is -0.463. The first-order valence-electron chi connectivity index (χ1n) is 7.60. The zero-order chi connectivity index (χ0) is 15.6.